The number of aromatic nitrogens is 1. The SMILES string of the molecule is Cc1ccc(-c2cc(C(F)(F)F)c(C(=O)O)c(NCC3CC3)n2)cc1F.Cl. The molecule has 1 saturated carbocycles. The van der Waals surface area contributed by atoms with Gasteiger partial charge in [-0.15, -0.1) is 12.4 Å². The van der Waals surface area contributed by atoms with Gasteiger partial charge in [-0.05, 0) is 43.4 Å². The Morgan fingerprint density at radius 1 is 1.30 bits per heavy atom. The van der Waals surface area contributed by atoms with Crippen LogP contribution in [0.2, 0.25) is 0 Å². The van der Waals surface area contributed by atoms with Gasteiger partial charge in [0.2, 0.25) is 0 Å². The lowest BCUT2D eigenvalue weighted by Gasteiger charge is -2.17. The normalized spacial score (nSPS) is 13.8. The predicted octanol–water partition coefficient (Wildman–Crippen LogP) is 5.16. The van der Waals surface area contributed by atoms with Gasteiger partial charge in [-0.2, -0.15) is 13.2 Å². The van der Waals surface area contributed by atoms with Gasteiger partial charge in [0, 0.05) is 12.1 Å². The number of pyridine rings is 1. The van der Waals surface area contributed by atoms with Crippen LogP contribution in [0.1, 0.15) is 34.3 Å². The maximum atomic E-state index is 13.8. The number of aryl methyl sites for hydroxylation is 1. The number of carboxylic acids is 1. The molecule has 1 aromatic carbocycles. The summed E-state index contributed by atoms with van der Waals surface area (Å²) in [5.41, 5.74) is -1.88. The van der Waals surface area contributed by atoms with Crippen molar-refractivity contribution in [3.8, 4) is 11.3 Å². The number of halogens is 5. The fraction of sp³-hybridized carbons (Fsp3) is 0.333. The summed E-state index contributed by atoms with van der Waals surface area (Å²) in [4.78, 5) is 15.5. The Kier molecular flexibility index (Phi) is 5.99. The van der Waals surface area contributed by atoms with Crippen molar-refractivity contribution in [2.75, 3.05) is 11.9 Å². The third kappa shape index (κ3) is 4.68. The lowest BCUT2D eigenvalue weighted by atomic mass is 10.0. The first-order chi connectivity index (χ1) is 12.2. The summed E-state index contributed by atoms with van der Waals surface area (Å²) in [6, 6.07) is 4.62. The van der Waals surface area contributed by atoms with Gasteiger partial charge in [-0.1, -0.05) is 12.1 Å². The molecular formula is C18H17ClF4N2O2. The summed E-state index contributed by atoms with van der Waals surface area (Å²) in [6.07, 6.45) is -3.01. The number of rotatable bonds is 5. The second-order valence-corrected chi connectivity index (χ2v) is 6.37. The molecule has 0 saturated heterocycles. The average molecular weight is 405 g/mol. The first kappa shape index (κ1) is 21.0. The molecule has 0 radical (unpaired) electrons. The molecule has 0 spiro atoms. The van der Waals surface area contributed by atoms with Crippen molar-refractivity contribution in [3.05, 3.63) is 46.8 Å². The number of hydrogen-bond donors (Lipinski definition) is 2. The number of hydrogen-bond acceptors (Lipinski definition) is 3. The summed E-state index contributed by atoms with van der Waals surface area (Å²) in [5, 5.41) is 12.0. The van der Waals surface area contributed by atoms with Crippen molar-refractivity contribution in [3.63, 3.8) is 0 Å². The van der Waals surface area contributed by atoms with Gasteiger partial charge in [0.05, 0.1) is 11.3 Å². The van der Waals surface area contributed by atoms with E-state index in [1.807, 2.05) is 0 Å². The molecule has 0 aliphatic heterocycles. The van der Waals surface area contributed by atoms with Crippen LogP contribution in [0.4, 0.5) is 23.4 Å². The van der Waals surface area contributed by atoms with Gasteiger partial charge in [0.25, 0.3) is 0 Å². The Balaban J connectivity index is 0.00000261. The number of nitrogens with one attached hydrogen (secondary N) is 1. The molecule has 0 amide bonds. The van der Waals surface area contributed by atoms with E-state index in [-0.39, 0.29) is 29.5 Å². The van der Waals surface area contributed by atoms with Crippen molar-refractivity contribution in [2.24, 2.45) is 5.92 Å². The molecule has 1 aliphatic rings. The van der Waals surface area contributed by atoms with Crippen molar-refractivity contribution >= 4 is 24.2 Å². The molecule has 146 valence electrons. The predicted molar refractivity (Wildman–Crippen MR) is 94.8 cm³/mol. The molecule has 0 atom stereocenters. The minimum absolute atomic E-state index is 0. The zero-order valence-corrected chi connectivity index (χ0v) is 15.0. The van der Waals surface area contributed by atoms with E-state index in [4.69, 9.17) is 0 Å². The third-order valence-electron chi connectivity index (χ3n) is 4.26. The maximum Gasteiger partial charge on any atom is 0.417 e. The minimum atomic E-state index is -4.88. The smallest absolute Gasteiger partial charge is 0.417 e. The first-order valence-corrected chi connectivity index (χ1v) is 8.02. The van der Waals surface area contributed by atoms with Crippen LogP contribution in [0.3, 0.4) is 0 Å². The number of alkyl halides is 3. The highest BCUT2D eigenvalue weighted by atomic mass is 35.5. The number of carboxylic acid groups (broad SMARTS) is 1. The van der Waals surface area contributed by atoms with Gasteiger partial charge < -0.3 is 10.4 Å². The van der Waals surface area contributed by atoms with Crippen LogP contribution >= 0.6 is 12.4 Å². The Morgan fingerprint density at radius 2 is 1.96 bits per heavy atom. The van der Waals surface area contributed by atoms with E-state index < -0.39 is 29.1 Å². The molecule has 9 heteroatoms. The van der Waals surface area contributed by atoms with Crippen LogP contribution in [0.15, 0.2) is 24.3 Å². The van der Waals surface area contributed by atoms with E-state index in [9.17, 15) is 27.5 Å². The van der Waals surface area contributed by atoms with Gasteiger partial charge in [0.1, 0.15) is 17.2 Å². The van der Waals surface area contributed by atoms with E-state index in [0.29, 0.717) is 24.1 Å². The molecule has 0 bridgehead atoms. The van der Waals surface area contributed by atoms with E-state index in [0.717, 1.165) is 18.9 Å². The van der Waals surface area contributed by atoms with Crippen molar-refractivity contribution < 1.29 is 27.5 Å². The highest BCUT2D eigenvalue weighted by Crippen LogP contribution is 2.38. The molecule has 0 unspecified atom stereocenters. The Morgan fingerprint density at radius 3 is 2.48 bits per heavy atom. The maximum absolute atomic E-state index is 13.8. The topological polar surface area (TPSA) is 62.2 Å². The highest BCUT2D eigenvalue weighted by molar-refractivity contribution is 5.96. The third-order valence-corrected chi connectivity index (χ3v) is 4.26. The largest absolute Gasteiger partial charge is 0.478 e. The number of benzene rings is 1. The van der Waals surface area contributed by atoms with Gasteiger partial charge in [-0.3, -0.25) is 0 Å². The van der Waals surface area contributed by atoms with Crippen LogP contribution in [0.5, 0.6) is 0 Å². The zero-order valence-electron chi connectivity index (χ0n) is 14.2. The molecule has 27 heavy (non-hydrogen) atoms. The van der Waals surface area contributed by atoms with Gasteiger partial charge in [0.15, 0.2) is 0 Å². The summed E-state index contributed by atoms with van der Waals surface area (Å²) in [6.45, 7) is 1.88. The summed E-state index contributed by atoms with van der Waals surface area (Å²) in [7, 11) is 0. The lowest BCUT2D eigenvalue weighted by Crippen LogP contribution is -2.18. The standard InChI is InChI=1S/C18H16F4N2O2.ClH/c1-9-2-5-11(6-13(9)19)14-7-12(18(20,21)22)15(17(25)26)16(24-14)23-8-10-3-4-10;/h2,5-7,10H,3-4,8H2,1H3,(H,23,24)(H,25,26);1H. The van der Waals surface area contributed by atoms with E-state index in [2.05, 4.69) is 10.3 Å². The van der Waals surface area contributed by atoms with Crippen molar-refractivity contribution in [1.29, 1.82) is 0 Å². The molecular weight excluding hydrogens is 388 g/mol. The molecule has 2 aromatic rings. The first-order valence-electron chi connectivity index (χ1n) is 8.02. The number of aromatic carboxylic acids is 1. The lowest BCUT2D eigenvalue weighted by molar-refractivity contribution is -0.138. The van der Waals surface area contributed by atoms with E-state index >= 15 is 0 Å². The van der Waals surface area contributed by atoms with Crippen LogP contribution in [-0.4, -0.2) is 22.6 Å². The van der Waals surface area contributed by atoms with Crippen LogP contribution in [-0.2, 0) is 6.18 Å². The van der Waals surface area contributed by atoms with E-state index in [1.165, 1.54) is 19.1 Å². The molecule has 1 heterocycles. The Labute approximate surface area is 159 Å². The monoisotopic (exact) mass is 404 g/mol. The molecule has 1 aromatic heterocycles. The molecule has 3 rings (SSSR count). The van der Waals surface area contributed by atoms with Crippen LogP contribution in [0.25, 0.3) is 11.3 Å². The Bertz CT molecular complexity index is 867. The summed E-state index contributed by atoms with van der Waals surface area (Å²) < 4.78 is 54.1. The number of nitrogens with zero attached hydrogens (tertiary/aromatic N) is 1. The fourth-order valence-corrected chi connectivity index (χ4v) is 2.58. The van der Waals surface area contributed by atoms with Crippen molar-refractivity contribution in [2.45, 2.75) is 25.9 Å². The minimum Gasteiger partial charge on any atom is -0.478 e. The molecule has 4 nitrogen and oxygen atoms in total. The summed E-state index contributed by atoms with van der Waals surface area (Å²) >= 11 is 0. The fourth-order valence-electron chi connectivity index (χ4n) is 2.58. The second kappa shape index (κ2) is 7.72. The molecule has 2 N–H and O–H groups in total. The number of anilines is 1. The van der Waals surface area contributed by atoms with Crippen molar-refractivity contribution in [1.82, 2.24) is 4.98 Å². The number of carbonyl (C=O) groups is 1. The van der Waals surface area contributed by atoms with Crippen LogP contribution in [0, 0.1) is 18.7 Å². The molecule has 1 aliphatic carbocycles. The average Bonchev–Trinajstić information content (AvgIpc) is 3.38. The van der Waals surface area contributed by atoms with E-state index in [1.54, 1.807) is 0 Å². The quantitative estimate of drug-likeness (QED) is 0.676. The zero-order chi connectivity index (χ0) is 19.1. The van der Waals surface area contributed by atoms with Gasteiger partial charge >= 0.3 is 12.1 Å². The second-order valence-electron chi connectivity index (χ2n) is 6.37. The Hall–Kier alpha value is -2.35. The highest BCUT2D eigenvalue weighted by Gasteiger charge is 2.38. The van der Waals surface area contributed by atoms with Crippen LogP contribution < -0.4 is 5.32 Å². The van der Waals surface area contributed by atoms with Gasteiger partial charge in [-0.25, -0.2) is 14.2 Å². The summed E-state index contributed by atoms with van der Waals surface area (Å²) in [5.74, 6) is -2.35. The molecule has 1 fully saturated rings.